The van der Waals surface area contributed by atoms with Crippen molar-refractivity contribution in [3.63, 3.8) is 0 Å². The molecule has 3 amide bonds. The van der Waals surface area contributed by atoms with Crippen molar-refractivity contribution in [2.75, 3.05) is 18.4 Å². The van der Waals surface area contributed by atoms with Gasteiger partial charge in [-0.25, -0.2) is 9.18 Å². The number of halogens is 1. The van der Waals surface area contributed by atoms with E-state index in [1.807, 2.05) is 18.7 Å². The van der Waals surface area contributed by atoms with Crippen LogP contribution >= 0.6 is 0 Å². The lowest BCUT2D eigenvalue weighted by Crippen LogP contribution is -2.53. The van der Waals surface area contributed by atoms with Gasteiger partial charge in [0.05, 0.1) is 0 Å². The molecule has 126 valence electrons. The molecule has 5 nitrogen and oxygen atoms in total. The summed E-state index contributed by atoms with van der Waals surface area (Å²) in [7, 11) is 0. The highest BCUT2D eigenvalue weighted by Gasteiger charge is 2.29. The van der Waals surface area contributed by atoms with Crippen LogP contribution in [-0.4, -0.2) is 36.0 Å². The maximum absolute atomic E-state index is 13.1. The Bertz CT molecular complexity index is 557. The topological polar surface area (TPSA) is 61.4 Å². The molecule has 1 saturated heterocycles. The highest BCUT2D eigenvalue weighted by atomic mass is 19.1. The lowest BCUT2D eigenvalue weighted by molar-refractivity contribution is -0.135. The molecule has 1 aromatic rings. The van der Waals surface area contributed by atoms with Gasteiger partial charge in [-0.15, -0.1) is 0 Å². The number of piperidine rings is 1. The Hall–Kier alpha value is -2.11. The number of urea groups is 1. The molecule has 1 aromatic carbocycles. The molecule has 0 spiro atoms. The number of hydrogen-bond acceptors (Lipinski definition) is 2. The molecular weight excluding hydrogens is 297 g/mol. The van der Waals surface area contributed by atoms with Crippen molar-refractivity contribution >= 4 is 17.6 Å². The molecule has 0 bridgehead atoms. The number of benzene rings is 1. The van der Waals surface area contributed by atoms with Crippen molar-refractivity contribution in [2.24, 2.45) is 5.92 Å². The maximum atomic E-state index is 13.1. The van der Waals surface area contributed by atoms with Gasteiger partial charge in [0.15, 0.2) is 0 Å². The third-order valence-corrected chi connectivity index (χ3v) is 3.97. The van der Waals surface area contributed by atoms with E-state index in [9.17, 15) is 14.0 Å². The summed E-state index contributed by atoms with van der Waals surface area (Å²) < 4.78 is 13.1. The van der Waals surface area contributed by atoms with Crippen molar-refractivity contribution in [1.29, 1.82) is 0 Å². The zero-order valence-electron chi connectivity index (χ0n) is 13.6. The molecule has 0 saturated carbocycles. The van der Waals surface area contributed by atoms with Gasteiger partial charge in [-0.2, -0.15) is 0 Å². The molecule has 0 aliphatic carbocycles. The minimum Gasteiger partial charge on any atom is -0.341 e. The minimum absolute atomic E-state index is 0.0253. The van der Waals surface area contributed by atoms with Crippen LogP contribution in [0.2, 0.25) is 0 Å². The number of nitrogens with zero attached hydrogens (tertiary/aromatic N) is 1. The molecule has 2 N–H and O–H groups in total. The van der Waals surface area contributed by atoms with Crippen LogP contribution in [0.5, 0.6) is 0 Å². The first-order chi connectivity index (χ1) is 11.0. The summed E-state index contributed by atoms with van der Waals surface area (Å²) in [5.74, 6) is -0.496. The molecule has 23 heavy (non-hydrogen) atoms. The monoisotopic (exact) mass is 321 g/mol. The van der Waals surface area contributed by atoms with E-state index in [0.29, 0.717) is 5.69 Å². The fourth-order valence-electron chi connectivity index (χ4n) is 2.70. The number of carbonyl (C=O) groups excluding carboxylic acids is 2. The van der Waals surface area contributed by atoms with E-state index in [1.165, 1.54) is 18.2 Å². The normalized spacial score (nSPS) is 16.1. The summed E-state index contributed by atoms with van der Waals surface area (Å²) in [6.07, 6.45) is 3.15. The van der Waals surface area contributed by atoms with Crippen LogP contribution < -0.4 is 10.6 Å². The lowest BCUT2D eigenvalue weighted by Gasteiger charge is -2.32. The number of amides is 3. The van der Waals surface area contributed by atoms with Crippen molar-refractivity contribution in [3.05, 3.63) is 30.1 Å². The van der Waals surface area contributed by atoms with Crippen LogP contribution in [0, 0.1) is 11.7 Å². The molecule has 1 aliphatic rings. The second-order valence-electron chi connectivity index (χ2n) is 6.22. The third-order valence-electron chi connectivity index (χ3n) is 3.97. The van der Waals surface area contributed by atoms with Crippen LogP contribution in [0.1, 0.15) is 33.1 Å². The zero-order valence-corrected chi connectivity index (χ0v) is 13.6. The largest absolute Gasteiger partial charge is 0.341 e. The number of hydrogen-bond donors (Lipinski definition) is 2. The average molecular weight is 321 g/mol. The van der Waals surface area contributed by atoms with E-state index >= 15 is 0 Å². The molecule has 0 radical (unpaired) electrons. The number of rotatable bonds is 4. The molecule has 1 unspecified atom stereocenters. The molecule has 6 heteroatoms. The molecule has 2 rings (SSSR count). The Kier molecular flexibility index (Phi) is 5.96. The molecule has 1 atom stereocenters. The second-order valence-corrected chi connectivity index (χ2v) is 6.22. The van der Waals surface area contributed by atoms with Crippen molar-refractivity contribution in [1.82, 2.24) is 10.2 Å². The quantitative estimate of drug-likeness (QED) is 0.895. The van der Waals surface area contributed by atoms with E-state index in [2.05, 4.69) is 10.6 Å². The Labute approximate surface area is 136 Å². The van der Waals surface area contributed by atoms with Gasteiger partial charge in [-0.1, -0.05) is 19.9 Å². The SMILES string of the molecule is CC(C)C(NC(=O)Nc1cccc(F)c1)C(=O)N1CCCCC1. The van der Waals surface area contributed by atoms with Gasteiger partial charge in [0.25, 0.3) is 0 Å². The van der Waals surface area contributed by atoms with E-state index in [4.69, 9.17) is 0 Å². The average Bonchev–Trinajstić information content (AvgIpc) is 2.52. The van der Waals surface area contributed by atoms with Gasteiger partial charge in [-0.05, 0) is 43.4 Å². The number of nitrogens with one attached hydrogen (secondary N) is 2. The van der Waals surface area contributed by atoms with E-state index in [1.54, 1.807) is 6.07 Å². The summed E-state index contributed by atoms with van der Waals surface area (Å²) in [6, 6.07) is 4.57. The predicted molar refractivity (Wildman–Crippen MR) is 87.6 cm³/mol. The first-order valence-corrected chi connectivity index (χ1v) is 8.09. The summed E-state index contributed by atoms with van der Waals surface area (Å²) in [6.45, 7) is 5.29. The first-order valence-electron chi connectivity index (χ1n) is 8.09. The minimum atomic E-state index is -0.582. The van der Waals surface area contributed by atoms with Crippen molar-refractivity contribution < 1.29 is 14.0 Å². The first kappa shape index (κ1) is 17.2. The van der Waals surface area contributed by atoms with Gasteiger partial charge < -0.3 is 15.5 Å². The third kappa shape index (κ3) is 4.94. The van der Waals surface area contributed by atoms with Gasteiger partial charge >= 0.3 is 6.03 Å². The Morgan fingerprint density at radius 3 is 2.48 bits per heavy atom. The van der Waals surface area contributed by atoms with Gasteiger partial charge in [-0.3, -0.25) is 4.79 Å². The van der Waals surface area contributed by atoms with Crippen LogP contribution in [0.4, 0.5) is 14.9 Å². The Balaban J connectivity index is 1.98. The second kappa shape index (κ2) is 7.94. The van der Waals surface area contributed by atoms with Gasteiger partial charge in [0.2, 0.25) is 5.91 Å². The fourth-order valence-corrected chi connectivity index (χ4v) is 2.70. The van der Waals surface area contributed by atoms with Crippen LogP contribution in [0.15, 0.2) is 24.3 Å². The molecule has 1 aliphatic heterocycles. The predicted octanol–water partition coefficient (Wildman–Crippen LogP) is 2.98. The van der Waals surface area contributed by atoms with Gasteiger partial charge in [0.1, 0.15) is 11.9 Å². The van der Waals surface area contributed by atoms with E-state index < -0.39 is 17.9 Å². The summed E-state index contributed by atoms with van der Waals surface area (Å²) in [5.41, 5.74) is 0.357. The molecule has 1 fully saturated rings. The Morgan fingerprint density at radius 2 is 1.87 bits per heavy atom. The molecule has 0 aromatic heterocycles. The summed E-state index contributed by atoms with van der Waals surface area (Å²) in [5, 5.41) is 5.28. The van der Waals surface area contributed by atoms with Crippen LogP contribution in [0.3, 0.4) is 0 Å². The van der Waals surface area contributed by atoms with Crippen LogP contribution in [-0.2, 0) is 4.79 Å². The fraction of sp³-hybridized carbons (Fsp3) is 0.529. The number of likely N-dealkylation sites (tertiary alicyclic amines) is 1. The number of carbonyl (C=O) groups is 2. The summed E-state index contributed by atoms with van der Waals surface area (Å²) in [4.78, 5) is 26.5. The van der Waals surface area contributed by atoms with E-state index in [0.717, 1.165) is 32.4 Å². The zero-order chi connectivity index (χ0) is 16.8. The molecule has 1 heterocycles. The standard InChI is InChI=1S/C17H24FN3O2/c1-12(2)15(16(22)21-9-4-3-5-10-21)20-17(23)19-14-8-6-7-13(18)11-14/h6-8,11-12,15H,3-5,9-10H2,1-2H3,(H2,19,20,23). The summed E-state index contributed by atoms with van der Waals surface area (Å²) >= 11 is 0. The van der Waals surface area contributed by atoms with Crippen molar-refractivity contribution in [2.45, 2.75) is 39.2 Å². The highest BCUT2D eigenvalue weighted by Crippen LogP contribution is 2.14. The Morgan fingerprint density at radius 1 is 1.17 bits per heavy atom. The van der Waals surface area contributed by atoms with E-state index in [-0.39, 0.29) is 11.8 Å². The highest BCUT2D eigenvalue weighted by molar-refractivity contribution is 5.93. The molecular formula is C17H24FN3O2. The maximum Gasteiger partial charge on any atom is 0.319 e. The van der Waals surface area contributed by atoms with Gasteiger partial charge in [0, 0.05) is 18.8 Å². The smallest absolute Gasteiger partial charge is 0.319 e. The van der Waals surface area contributed by atoms with Crippen molar-refractivity contribution in [3.8, 4) is 0 Å². The number of anilines is 1. The van der Waals surface area contributed by atoms with Crippen LogP contribution in [0.25, 0.3) is 0 Å². The lowest BCUT2D eigenvalue weighted by atomic mass is 10.0.